The third-order valence-electron chi connectivity index (χ3n) is 5.54. The van der Waals surface area contributed by atoms with Gasteiger partial charge in [-0.1, -0.05) is 0 Å². The lowest BCUT2D eigenvalue weighted by Crippen LogP contribution is -2.45. The van der Waals surface area contributed by atoms with E-state index in [-0.39, 0.29) is 18.6 Å². The topological polar surface area (TPSA) is 98.3 Å². The molecule has 1 fully saturated rings. The van der Waals surface area contributed by atoms with Crippen molar-refractivity contribution in [1.82, 2.24) is 24.3 Å². The van der Waals surface area contributed by atoms with Crippen LogP contribution in [0.2, 0.25) is 0 Å². The van der Waals surface area contributed by atoms with Gasteiger partial charge in [0.2, 0.25) is 0 Å². The SMILES string of the molecule is CC1CN(c2ccc3cnn(-c4cncc(-n5ccc(CC(=O)O)c5)n4)c3c2)CC(C)O1. The lowest BCUT2D eigenvalue weighted by molar-refractivity contribution is -0.136. The summed E-state index contributed by atoms with van der Waals surface area (Å²) in [5, 5.41) is 14.6. The number of nitrogens with zero attached hydrogens (tertiary/aromatic N) is 6. The van der Waals surface area contributed by atoms with Gasteiger partial charge in [-0.15, -0.1) is 0 Å². The van der Waals surface area contributed by atoms with Crippen LogP contribution in [0.3, 0.4) is 0 Å². The molecule has 2 atom stereocenters. The molecule has 0 amide bonds. The molecule has 1 saturated heterocycles. The number of hydrogen-bond donors (Lipinski definition) is 1. The minimum Gasteiger partial charge on any atom is -0.481 e. The first-order chi connectivity index (χ1) is 15.5. The Morgan fingerprint density at radius 2 is 1.91 bits per heavy atom. The zero-order valence-corrected chi connectivity index (χ0v) is 17.9. The molecule has 0 radical (unpaired) electrons. The summed E-state index contributed by atoms with van der Waals surface area (Å²) in [4.78, 5) is 22.4. The van der Waals surface area contributed by atoms with Gasteiger partial charge in [0.05, 0.1) is 42.7 Å². The van der Waals surface area contributed by atoms with Crippen molar-refractivity contribution >= 4 is 22.6 Å². The van der Waals surface area contributed by atoms with Crippen LogP contribution >= 0.6 is 0 Å². The fourth-order valence-electron chi connectivity index (χ4n) is 4.21. The third kappa shape index (κ3) is 3.94. The summed E-state index contributed by atoms with van der Waals surface area (Å²) in [6, 6.07) is 8.08. The summed E-state index contributed by atoms with van der Waals surface area (Å²) in [6.45, 7) is 5.86. The van der Waals surface area contributed by atoms with Gasteiger partial charge in [0.25, 0.3) is 0 Å². The molecule has 1 N–H and O–H groups in total. The van der Waals surface area contributed by atoms with Crippen LogP contribution in [0.4, 0.5) is 5.69 Å². The average Bonchev–Trinajstić information content (AvgIpc) is 3.39. The zero-order valence-electron chi connectivity index (χ0n) is 17.9. The standard InChI is InChI=1S/C23H24N6O3/c1-15-12-28(13-16(2)32-15)19-4-3-18-9-25-29(20(18)8-19)22-11-24-10-21(26-22)27-6-5-17(14-27)7-23(30)31/h3-6,8-11,14-16H,7,12-13H2,1-2H3,(H,30,31). The molecule has 3 aromatic heterocycles. The predicted octanol–water partition coefficient (Wildman–Crippen LogP) is 2.85. The quantitative estimate of drug-likeness (QED) is 0.518. The van der Waals surface area contributed by atoms with Gasteiger partial charge in [-0.25, -0.2) is 9.67 Å². The molecule has 5 rings (SSSR count). The number of carboxylic acids is 1. The van der Waals surface area contributed by atoms with Crippen LogP contribution in [0.1, 0.15) is 19.4 Å². The maximum Gasteiger partial charge on any atom is 0.307 e. The van der Waals surface area contributed by atoms with E-state index >= 15 is 0 Å². The second-order valence-corrected chi connectivity index (χ2v) is 8.19. The molecular formula is C23H24N6O3. The van der Waals surface area contributed by atoms with Gasteiger partial charge in [-0.2, -0.15) is 5.10 Å². The number of morpholine rings is 1. The molecule has 4 heterocycles. The summed E-state index contributed by atoms with van der Waals surface area (Å²) in [5.41, 5.74) is 2.77. The summed E-state index contributed by atoms with van der Waals surface area (Å²) in [6.07, 6.45) is 8.98. The second kappa shape index (κ2) is 8.08. The molecule has 1 aliphatic heterocycles. The first-order valence-electron chi connectivity index (χ1n) is 10.6. The molecule has 0 bridgehead atoms. The van der Waals surface area contributed by atoms with Gasteiger partial charge >= 0.3 is 5.97 Å². The van der Waals surface area contributed by atoms with Gasteiger partial charge in [0, 0.05) is 36.6 Å². The maximum atomic E-state index is 11.0. The highest BCUT2D eigenvalue weighted by molar-refractivity contribution is 5.83. The number of aliphatic carboxylic acids is 1. The van der Waals surface area contributed by atoms with Gasteiger partial charge in [-0.05, 0) is 43.7 Å². The van der Waals surface area contributed by atoms with Crippen molar-refractivity contribution in [3.63, 3.8) is 0 Å². The highest BCUT2D eigenvalue weighted by Gasteiger charge is 2.23. The van der Waals surface area contributed by atoms with Gasteiger partial charge < -0.3 is 19.3 Å². The van der Waals surface area contributed by atoms with Crippen LogP contribution in [-0.4, -0.2) is 60.7 Å². The Hall–Kier alpha value is -3.72. The summed E-state index contributed by atoms with van der Waals surface area (Å²) < 4.78 is 9.42. The monoisotopic (exact) mass is 432 g/mol. The van der Waals surface area contributed by atoms with E-state index in [0.717, 1.165) is 29.7 Å². The lowest BCUT2D eigenvalue weighted by Gasteiger charge is -2.36. The van der Waals surface area contributed by atoms with E-state index in [1.54, 1.807) is 40.1 Å². The number of carbonyl (C=O) groups is 1. The summed E-state index contributed by atoms with van der Waals surface area (Å²) in [5.74, 6) is 0.312. The number of benzene rings is 1. The van der Waals surface area contributed by atoms with E-state index in [4.69, 9.17) is 14.8 Å². The fraction of sp³-hybridized carbons (Fsp3) is 0.304. The number of rotatable bonds is 5. The van der Waals surface area contributed by atoms with Crippen molar-refractivity contribution in [2.75, 3.05) is 18.0 Å². The van der Waals surface area contributed by atoms with Crippen LogP contribution in [0.5, 0.6) is 0 Å². The predicted molar refractivity (Wildman–Crippen MR) is 120 cm³/mol. The first kappa shape index (κ1) is 20.2. The van der Waals surface area contributed by atoms with E-state index in [1.807, 2.05) is 6.20 Å². The molecule has 0 saturated carbocycles. The molecular weight excluding hydrogens is 408 g/mol. The molecule has 9 nitrogen and oxygen atoms in total. The third-order valence-corrected chi connectivity index (χ3v) is 5.54. The van der Waals surface area contributed by atoms with Gasteiger partial charge in [-0.3, -0.25) is 9.78 Å². The largest absolute Gasteiger partial charge is 0.481 e. The van der Waals surface area contributed by atoms with E-state index in [0.29, 0.717) is 17.2 Å². The highest BCUT2D eigenvalue weighted by atomic mass is 16.5. The van der Waals surface area contributed by atoms with E-state index in [1.165, 1.54) is 0 Å². The van der Waals surface area contributed by atoms with Crippen molar-refractivity contribution in [2.45, 2.75) is 32.5 Å². The van der Waals surface area contributed by atoms with Crippen LogP contribution in [0.15, 0.2) is 55.2 Å². The number of ether oxygens (including phenoxy) is 1. The molecule has 1 aliphatic rings. The van der Waals surface area contributed by atoms with Crippen molar-refractivity contribution < 1.29 is 14.6 Å². The molecule has 0 spiro atoms. The molecule has 4 aromatic rings. The van der Waals surface area contributed by atoms with Crippen LogP contribution < -0.4 is 4.90 Å². The van der Waals surface area contributed by atoms with E-state index < -0.39 is 5.97 Å². The smallest absolute Gasteiger partial charge is 0.307 e. The van der Waals surface area contributed by atoms with Crippen molar-refractivity contribution in [3.8, 4) is 11.6 Å². The Morgan fingerprint density at radius 1 is 1.12 bits per heavy atom. The molecule has 32 heavy (non-hydrogen) atoms. The molecule has 0 aliphatic carbocycles. The molecule has 9 heteroatoms. The van der Waals surface area contributed by atoms with Crippen LogP contribution in [-0.2, 0) is 16.0 Å². The molecule has 2 unspecified atom stereocenters. The Morgan fingerprint density at radius 3 is 2.69 bits per heavy atom. The van der Waals surface area contributed by atoms with E-state index in [9.17, 15) is 4.79 Å². The summed E-state index contributed by atoms with van der Waals surface area (Å²) in [7, 11) is 0. The first-order valence-corrected chi connectivity index (χ1v) is 10.6. The van der Waals surface area contributed by atoms with E-state index in [2.05, 4.69) is 47.0 Å². The van der Waals surface area contributed by atoms with Gasteiger partial charge in [0.15, 0.2) is 11.6 Å². The number of fused-ring (bicyclic) bond motifs is 1. The maximum absolute atomic E-state index is 11.0. The minimum absolute atomic E-state index is 0.0362. The Labute approximate surface area is 184 Å². The van der Waals surface area contributed by atoms with Crippen molar-refractivity contribution in [2.24, 2.45) is 0 Å². The van der Waals surface area contributed by atoms with Crippen LogP contribution in [0.25, 0.3) is 22.5 Å². The lowest BCUT2D eigenvalue weighted by atomic mass is 10.1. The normalized spacial score (nSPS) is 18.9. The minimum atomic E-state index is -0.870. The number of carboxylic acid groups (broad SMARTS) is 1. The second-order valence-electron chi connectivity index (χ2n) is 8.19. The van der Waals surface area contributed by atoms with Crippen LogP contribution in [0, 0.1) is 0 Å². The molecule has 164 valence electrons. The van der Waals surface area contributed by atoms with Crippen molar-refractivity contribution in [1.29, 1.82) is 0 Å². The summed E-state index contributed by atoms with van der Waals surface area (Å²) >= 11 is 0. The van der Waals surface area contributed by atoms with Gasteiger partial charge in [0.1, 0.15) is 0 Å². The fourth-order valence-corrected chi connectivity index (χ4v) is 4.21. The Kier molecular flexibility index (Phi) is 5.10. The number of aromatic nitrogens is 5. The highest BCUT2D eigenvalue weighted by Crippen LogP contribution is 2.26. The average molecular weight is 432 g/mol. The Balaban J connectivity index is 1.49. The Bertz CT molecular complexity index is 1270. The molecule has 1 aromatic carbocycles. The van der Waals surface area contributed by atoms with Crippen molar-refractivity contribution in [3.05, 3.63) is 60.8 Å². The zero-order chi connectivity index (χ0) is 22.2. The number of anilines is 1. The number of hydrogen-bond acceptors (Lipinski definition) is 6.